The maximum Gasteiger partial charge on any atom is 0.133 e. The van der Waals surface area contributed by atoms with E-state index in [-0.39, 0.29) is 6.61 Å². The zero-order valence-corrected chi connectivity index (χ0v) is 12.7. The topological polar surface area (TPSA) is 38.7 Å². The fourth-order valence-corrected chi connectivity index (χ4v) is 2.25. The SMILES string of the molecule is OCc1ccc(OCCCOc2ccccc2)c(Br)c1. The molecule has 0 aliphatic heterocycles. The van der Waals surface area contributed by atoms with Gasteiger partial charge in [0.2, 0.25) is 0 Å². The molecule has 1 N–H and O–H groups in total. The minimum atomic E-state index is 0.0315. The summed E-state index contributed by atoms with van der Waals surface area (Å²) in [5, 5.41) is 9.03. The Morgan fingerprint density at radius 1 is 0.950 bits per heavy atom. The van der Waals surface area contributed by atoms with E-state index in [1.54, 1.807) is 0 Å². The average Bonchev–Trinajstić information content (AvgIpc) is 2.49. The summed E-state index contributed by atoms with van der Waals surface area (Å²) in [5.74, 6) is 1.66. The summed E-state index contributed by atoms with van der Waals surface area (Å²) in [7, 11) is 0. The first kappa shape index (κ1) is 14.9. The van der Waals surface area contributed by atoms with Crippen LogP contribution >= 0.6 is 15.9 Å². The summed E-state index contributed by atoms with van der Waals surface area (Å²) >= 11 is 3.43. The predicted octanol–water partition coefficient (Wildman–Crippen LogP) is 3.79. The van der Waals surface area contributed by atoms with Crippen LogP contribution in [0.3, 0.4) is 0 Å². The van der Waals surface area contributed by atoms with Gasteiger partial charge < -0.3 is 14.6 Å². The number of halogens is 1. The van der Waals surface area contributed by atoms with Crippen molar-refractivity contribution in [2.75, 3.05) is 13.2 Å². The van der Waals surface area contributed by atoms with Crippen LogP contribution in [-0.4, -0.2) is 18.3 Å². The highest BCUT2D eigenvalue weighted by Crippen LogP contribution is 2.26. The van der Waals surface area contributed by atoms with Gasteiger partial charge in [0.05, 0.1) is 24.3 Å². The third kappa shape index (κ3) is 4.54. The third-order valence-electron chi connectivity index (χ3n) is 2.74. The highest BCUT2D eigenvalue weighted by Gasteiger charge is 2.02. The lowest BCUT2D eigenvalue weighted by Gasteiger charge is -2.10. The van der Waals surface area contributed by atoms with Crippen LogP contribution in [0.2, 0.25) is 0 Å². The number of aliphatic hydroxyl groups is 1. The zero-order chi connectivity index (χ0) is 14.2. The zero-order valence-electron chi connectivity index (χ0n) is 11.1. The van der Waals surface area contributed by atoms with Gasteiger partial charge in [-0.3, -0.25) is 0 Å². The first-order valence-electron chi connectivity index (χ1n) is 6.49. The van der Waals surface area contributed by atoms with Gasteiger partial charge >= 0.3 is 0 Å². The second-order valence-electron chi connectivity index (χ2n) is 4.29. The van der Waals surface area contributed by atoms with E-state index in [2.05, 4.69) is 15.9 Å². The molecule has 0 saturated heterocycles. The molecule has 0 amide bonds. The molecule has 3 nitrogen and oxygen atoms in total. The molecule has 0 bridgehead atoms. The van der Waals surface area contributed by atoms with E-state index in [4.69, 9.17) is 14.6 Å². The van der Waals surface area contributed by atoms with Crippen LogP contribution in [0.4, 0.5) is 0 Å². The molecule has 0 aliphatic rings. The van der Waals surface area contributed by atoms with Gasteiger partial charge in [-0.05, 0) is 45.8 Å². The van der Waals surface area contributed by atoms with Gasteiger partial charge in [-0.25, -0.2) is 0 Å². The molecule has 0 atom stereocenters. The molecular formula is C16H17BrO3. The molecule has 0 saturated carbocycles. The standard InChI is InChI=1S/C16H17BrO3/c17-15-11-13(12-18)7-8-16(15)20-10-4-9-19-14-5-2-1-3-6-14/h1-3,5-8,11,18H,4,9-10,12H2. The monoisotopic (exact) mass is 336 g/mol. The summed E-state index contributed by atoms with van der Waals surface area (Å²) in [6.45, 7) is 1.24. The molecule has 2 aromatic rings. The lowest BCUT2D eigenvalue weighted by atomic mass is 10.2. The molecule has 2 rings (SSSR count). The van der Waals surface area contributed by atoms with Gasteiger partial charge in [-0.15, -0.1) is 0 Å². The Morgan fingerprint density at radius 2 is 1.70 bits per heavy atom. The van der Waals surface area contributed by atoms with Crippen LogP contribution in [0, 0.1) is 0 Å². The summed E-state index contributed by atoms with van der Waals surface area (Å²) in [6, 6.07) is 15.3. The van der Waals surface area contributed by atoms with Crippen molar-refractivity contribution in [2.24, 2.45) is 0 Å². The highest BCUT2D eigenvalue weighted by atomic mass is 79.9. The number of rotatable bonds is 7. The Hall–Kier alpha value is -1.52. The van der Waals surface area contributed by atoms with Gasteiger partial charge in [0, 0.05) is 6.42 Å². The van der Waals surface area contributed by atoms with Crippen molar-refractivity contribution in [3.8, 4) is 11.5 Å². The second kappa shape index (κ2) is 7.92. The van der Waals surface area contributed by atoms with E-state index >= 15 is 0 Å². The number of aliphatic hydroxyl groups excluding tert-OH is 1. The number of hydrogen-bond donors (Lipinski definition) is 1. The molecule has 2 aromatic carbocycles. The van der Waals surface area contributed by atoms with Crippen LogP contribution in [0.25, 0.3) is 0 Å². The predicted molar refractivity (Wildman–Crippen MR) is 82.1 cm³/mol. The summed E-state index contributed by atoms with van der Waals surface area (Å²) in [6.07, 6.45) is 0.809. The molecule has 0 aliphatic carbocycles. The van der Waals surface area contributed by atoms with Crippen LogP contribution in [0.15, 0.2) is 53.0 Å². The van der Waals surface area contributed by atoms with Crippen molar-refractivity contribution in [2.45, 2.75) is 13.0 Å². The van der Waals surface area contributed by atoms with E-state index in [0.29, 0.717) is 13.2 Å². The molecule has 0 radical (unpaired) electrons. The normalized spacial score (nSPS) is 10.3. The molecule has 4 heteroatoms. The van der Waals surface area contributed by atoms with Gasteiger partial charge in [0.25, 0.3) is 0 Å². The average molecular weight is 337 g/mol. The molecule has 20 heavy (non-hydrogen) atoms. The largest absolute Gasteiger partial charge is 0.493 e. The lowest BCUT2D eigenvalue weighted by molar-refractivity contribution is 0.246. The Morgan fingerprint density at radius 3 is 2.40 bits per heavy atom. The van der Waals surface area contributed by atoms with Crippen LogP contribution in [0.1, 0.15) is 12.0 Å². The van der Waals surface area contributed by atoms with Crippen molar-refractivity contribution in [3.63, 3.8) is 0 Å². The van der Waals surface area contributed by atoms with Crippen LogP contribution < -0.4 is 9.47 Å². The summed E-state index contributed by atoms with van der Waals surface area (Å²) < 4.78 is 12.1. The van der Waals surface area contributed by atoms with Crippen molar-refractivity contribution >= 4 is 15.9 Å². The molecule has 0 fully saturated rings. The summed E-state index contributed by atoms with van der Waals surface area (Å²) in [4.78, 5) is 0. The van der Waals surface area contributed by atoms with E-state index < -0.39 is 0 Å². The minimum Gasteiger partial charge on any atom is -0.493 e. The van der Waals surface area contributed by atoms with Gasteiger partial charge in [-0.2, -0.15) is 0 Å². The molecule has 106 valence electrons. The van der Waals surface area contributed by atoms with Gasteiger partial charge in [0.15, 0.2) is 0 Å². The van der Waals surface area contributed by atoms with Crippen molar-refractivity contribution in [1.82, 2.24) is 0 Å². The van der Waals surface area contributed by atoms with E-state index in [1.165, 1.54) is 0 Å². The van der Waals surface area contributed by atoms with Gasteiger partial charge in [-0.1, -0.05) is 24.3 Å². The van der Waals surface area contributed by atoms with Crippen molar-refractivity contribution in [3.05, 3.63) is 58.6 Å². The Bertz CT molecular complexity index is 529. The fraction of sp³-hybridized carbons (Fsp3) is 0.250. The quantitative estimate of drug-likeness (QED) is 0.782. The van der Waals surface area contributed by atoms with Crippen molar-refractivity contribution < 1.29 is 14.6 Å². The Labute approximate surface area is 127 Å². The molecule has 0 unspecified atom stereocenters. The van der Waals surface area contributed by atoms with Gasteiger partial charge in [0.1, 0.15) is 11.5 Å². The Balaban J connectivity index is 1.71. The first-order chi connectivity index (χ1) is 9.79. The van der Waals surface area contributed by atoms with Crippen LogP contribution in [0.5, 0.6) is 11.5 Å². The molecular weight excluding hydrogens is 320 g/mol. The first-order valence-corrected chi connectivity index (χ1v) is 7.29. The van der Waals surface area contributed by atoms with Crippen LogP contribution in [-0.2, 0) is 6.61 Å². The maximum atomic E-state index is 9.03. The molecule has 0 heterocycles. The third-order valence-corrected chi connectivity index (χ3v) is 3.36. The van der Waals surface area contributed by atoms with E-state index in [9.17, 15) is 0 Å². The number of hydrogen-bond acceptors (Lipinski definition) is 3. The lowest BCUT2D eigenvalue weighted by Crippen LogP contribution is -2.05. The van der Waals surface area contributed by atoms with Crippen molar-refractivity contribution in [1.29, 1.82) is 0 Å². The number of para-hydroxylation sites is 1. The minimum absolute atomic E-state index is 0.0315. The highest BCUT2D eigenvalue weighted by molar-refractivity contribution is 9.10. The molecule has 0 spiro atoms. The number of benzene rings is 2. The fourth-order valence-electron chi connectivity index (χ4n) is 1.71. The second-order valence-corrected chi connectivity index (χ2v) is 5.14. The maximum absolute atomic E-state index is 9.03. The smallest absolute Gasteiger partial charge is 0.133 e. The Kier molecular flexibility index (Phi) is 5.89. The van der Waals surface area contributed by atoms with E-state index in [0.717, 1.165) is 28.0 Å². The van der Waals surface area contributed by atoms with E-state index in [1.807, 2.05) is 48.5 Å². The molecule has 0 aromatic heterocycles. The number of ether oxygens (including phenoxy) is 2. The summed E-state index contributed by atoms with van der Waals surface area (Å²) in [5.41, 5.74) is 0.858.